The zero-order valence-corrected chi connectivity index (χ0v) is 22.8. The first-order chi connectivity index (χ1) is 19.7. The zero-order chi connectivity index (χ0) is 29.1. The third-order valence-electron chi connectivity index (χ3n) is 8.19. The third-order valence-corrected chi connectivity index (χ3v) is 8.19. The molecular weight excluding hydrogens is 530 g/mol. The number of amides is 4. The molecule has 0 bridgehead atoms. The van der Waals surface area contributed by atoms with Crippen LogP contribution in [0.4, 0.5) is 4.79 Å². The van der Waals surface area contributed by atoms with Crippen molar-refractivity contribution in [3.63, 3.8) is 0 Å². The van der Waals surface area contributed by atoms with Crippen LogP contribution in [0.2, 0.25) is 0 Å². The molecule has 1 aromatic heterocycles. The van der Waals surface area contributed by atoms with Crippen molar-refractivity contribution in [2.45, 2.75) is 38.1 Å². The second kappa shape index (κ2) is 12.0. The van der Waals surface area contributed by atoms with Crippen molar-refractivity contribution in [3.8, 4) is 11.3 Å². The standard InChI is InChI=1S/C28H35N7O6/c29-27(30)34-10-4-5-18(17-34)15-20-24(26(38)39)35(25(20)37)28(40)33-13-11-32(12-14-33)23(36)9-8-22-31-16-21(41-22)19-6-2-1-3-7-19/h1-3,6-7,16,18,20,24H,4-5,8-15,17H2,(H3,29,30)(H,38,39)/t18?,20-,24?/m1/s1. The van der Waals surface area contributed by atoms with Gasteiger partial charge in [0.15, 0.2) is 23.7 Å². The van der Waals surface area contributed by atoms with Crippen molar-refractivity contribution in [1.82, 2.24) is 24.6 Å². The summed E-state index contributed by atoms with van der Waals surface area (Å²) in [6.45, 7) is 2.16. The molecule has 13 heteroatoms. The number of aromatic nitrogens is 1. The fourth-order valence-electron chi connectivity index (χ4n) is 5.94. The average Bonchev–Trinajstić information content (AvgIpc) is 3.46. The van der Waals surface area contributed by atoms with Crippen LogP contribution in [-0.4, -0.2) is 105 Å². The number of aryl methyl sites for hydroxylation is 1. The van der Waals surface area contributed by atoms with Crippen molar-refractivity contribution >= 4 is 29.8 Å². The highest BCUT2D eigenvalue weighted by Gasteiger charge is 2.56. The number of hydrogen-bond donors (Lipinski definition) is 3. The molecule has 0 aliphatic carbocycles. The molecule has 1 aromatic carbocycles. The van der Waals surface area contributed by atoms with Crippen LogP contribution in [0.3, 0.4) is 0 Å². The maximum atomic E-state index is 13.2. The number of rotatable bonds is 7. The molecule has 41 heavy (non-hydrogen) atoms. The molecule has 3 aliphatic rings. The number of piperidine rings is 1. The zero-order valence-electron chi connectivity index (χ0n) is 22.8. The third kappa shape index (κ3) is 6.03. The lowest BCUT2D eigenvalue weighted by Gasteiger charge is -2.47. The highest BCUT2D eigenvalue weighted by molar-refractivity contribution is 6.07. The van der Waals surface area contributed by atoms with E-state index in [0.717, 1.165) is 23.3 Å². The van der Waals surface area contributed by atoms with E-state index in [1.807, 2.05) is 30.3 Å². The van der Waals surface area contributed by atoms with Gasteiger partial charge in [-0.05, 0) is 25.2 Å². The van der Waals surface area contributed by atoms with Gasteiger partial charge in [0.2, 0.25) is 11.8 Å². The Balaban J connectivity index is 1.10. The molecule has 3 saturated heterocycles. The monoisotopic (exact) mass is 565 g/mol. The number of aliphatic carboxylic acids is 1. The summed E-state index contributed by atoms with van der Waals surface area (Å²) >= 11 is 0. The molecule has 0 radical (unpaired) electrons. The molecule has 3 atom stereocenters. The van der Waals surface area contributed by atoms with Crippen LogP contribution < -0.4 is 5.73 Å². The highest BCUT2D eigenvalue weighted by Crippen LogP contribution is 2.36. The predicted molar refractivity (Wildman–Crippen MR) is 146 cm³/mol. The molecule has 13 nitrogen and oxygen atoms in total. The van der Waals surface area contributed by atoms with Gasteiger partial charge in [-0.25, -0.2) is 19.5 Å². The number of carboxylic acid groups (broad SMARTS) is 1. The lowest BCUT2D eigenvalue weighted by atomic mass is 9.78. The van der Waals surface area contributed by atoms with Crippen LogP contribution in [0.5, 0.6) is 0 Å². The topological polar surface area (TPSA) is 177 Å². The van der Waals surface area contributed by atoms with E-state index >= 15 is 0 Å². The van der Waals surface area contributed by atoms with E-state index in [-0.39, 0.29) is 50.4 Å². The second-order valence-corrected chi connectivity index (χ2v) is 10.8. The summed E-state index contributed by atoms with van der Waals surface area (Å²) in [4.78, 5) is 61.0. The van der Waals surface area contributed by atoms with Crippen LogP contribution >= 0.6 is 0 Å². The Bertz CT molecular complexity index is 1310. The van der Waals surface area contributed by atoms with E-state index in [2.05, 4.69) is 4.98 Å². The molecule has 2 unspecified atom stereocenters. The second-order valence-electron chi connectivity index (χ2n) is 10.8. The number of piperazine rings is 1. The van der Waals surface area contributed by atoms with Crippen LogP contribution in [0, 0.1) is 17.2 Å². The van der Waals surface area contributed by atoms with Gasteiger partial charge in [-0.1, -0.05) is 30.3 Å². The van der Waals surface area contributed by atoms with Crippen molar-refractivity contribution in [2.75, 3.05) is 39.3 Å². The van der Waals surface area contributed by atoms with E-state index in [4.69, 9.17) is 15.6 Å². The van der Waals surface area contributed by atoms with E-state index in [1.54, 1.807) is 16.0 Å². The summed E-state index contributed by atoms with van der Waals surface area (Å²) in [7, 11) is 0. The summed E-state index contributed by atoms with van der Waals surface area (Å²) in [6, 6.07) is 7.72. The largest absolute Gasteiger partial charge is 0.480 e. The predicted octanol–water partition coefficient (Wildman–Crippen LogP) is 1.45. The molecule has 0 saturated carbocycles. The molecule has 3 fully saturated rings. The number of hydrogen-bond acceptors (Lipinski definition) is 7. The SMILES string of the molecule is N=C(N)N1CCCC(C[C@H]2C(=O)N(C(=O)N3CCN(C(=O)CCc4ncc(-c5ccccc5)o4)CC3)C2C(=O)O)C1. The number of carbonyl (C=O) groups excluding carboxylic acids is 3. The Morgan fingerprint density at radius 1 is 1.05 bits per heavy atom. The molecule has 218 valence electrons. The number of guanidine groups is 1. The lowest BCUT2D eigenvalue weighted by Crippen LogP contribution is -2.70. The summed E-state index contributed by atoms with van der Waals surface area (Å²) < 4.78 is 5.78. The van der Waals surface area contributed by atoms with E-state index in [9.17, 15) is 24.3 Å². The fourth-order valence-corrected chi connectivity index (χ4v) is 5.94. The molecule has 4 N–H and O–H groups in total. The lowest BCUT2D eigenvalue weighted by molar-refractivity contribution is -0.167. The number of nitrogens with two attached hydrogens (primary N) is 1. The molecule has 4 heterocycles. The van der Waals surface area contributed by atoms with Crippen molar-refractivity contribution in [1.29, 1.82) is 5.41 Å². The van der Waals surface area contributed by atoms with E-state index < -0.39 is 29.9 Å². The number of carbonyl (C=O) groups is 4. The van der Waals surface area contributed by atoms with Gasteiger partial charge < -0.3 is 30.0 Å². The number of carboxylic acids is 1. The summed E-state index contributed by atoms with van der Waals surface area (Å²) in [6.07, 6.45) is 4.15. The number of urea groups is 1. The number of imide groups is 1. The minimum Gasteiger partial charge on any atom is -0.480 e. The Morgan fingerprint density at radius 3 is 2.44 bits per heavy atom. The summed E-state index contributed by atoms with van der Waals surface area (Å²) in [5.41, 5.74) is 6.51. The molecular formula is C28H35N7O6. The van der Waals surface area contributed by atoms with Crippen LogP contribution in [0.15, 0.2) is 40.9 Å². The molecule has 2 aromatic rings. The van der Waals surface area contributed by atoms with Crippen molar-refractivity contribution in [3.05, 3.63) is 42.4 Å². The summed E-state index contributed by atoms with van der Waals surface area (Å²) in [5.74, 6) is -1.47. The van der Waals surface area contributed by atoms with Gasteiger partial charge in [-0.15, -0.1) is 0 Å². The molecule has 0 spiro atoms. The number of β-lactam (4-membered cyclic amide) rings is 1. The maximum absolute atomic E-state index is 13.2. The van der Waals surface area contributed by atoms with Crippen molar-refractivity contribution < 1.29 is 28.7 Å². The van der Waals surface area contributed by atoms with E-state index in [1.165, 1.54) is 4.90 Å². The molecule has 4 amide bonds. The minimum atomic E-state index is -1.22. The Hall–Kier alpha value is -4.42. The van der Waals surface area contributed by atoms with Crippen LogP contribution in [-0.2, 0) is 20.8 Å². The van der Waals surface area contributed by atoms with Crippen LogP contribution in [0.25, 0.3) is 11.3 Å². The smallest absolute Gasteiger partial charge is 0.327 e. The normalized spacial score (nSPS) is 22.8. The highest BCUT2D eigenvalue weighted by atomic mass is 16.4. The first kappa shape index (κ1) is 28.1. The Labute approximate surface area is 237 Å². The van der Waals surface area contributed by atoms with Gasteiger partial charge >= 0.3 is 12.0 Å². The van der Waals surface area contributed by atoms with E-state index in [0.29, 0.717) is 37.6 Å². The molecule has 5 rings (SSSR count). The fraction of sp³-hybridized carbons (Fsp3) is 0.500. The Kier molecular flexibility index (Phi) is 8.22. The van der Waals surface area contributed by atoms with Gasteiger partial charge in [0.25, 0.3) is 0 Å². The first-order valence-corrected chi connectivity index (χ1v) is 13.9. The summed E-state index contributed by atoms with van der Waals surface area (Å²) in [5, 5.41) is 17.5. The number of oxazole rings is 1. The van der Waals surface area contributed by atoms with Gasteiger partial charge in [0.05, 0.1) is 12.1 Å². The maximum Gasteiger partial charge on any atom is 0.327 e. The Morgan fingerprint density at radius 2 is 1.76 bits per heavy atom. The van der Waals surface area contributed by atoms with Crippen molar-refractivity contribution in [2.24, 2.45) is 17.6 Å². The van der Waals surface area contributed by atoms with Crippen LogP contribution in [0.1, 0.15) is 31.6 Å². The van der Waals surface area contributed by atoms with Gasteiger partial charge in [-0.3, -0.25) is 15.0 Å². The average molecular weight is 566 g/mol. The first-order valence-electron chi connectivity index (χ1n) is 13.9. The number of nitrogens with zero attached hydrogens (tertiary/aromatic N) is 5. The number of nitrogens with one attached hydrogen (secondary N) is 1. The molecule has 3 aliphatic heterocycles. The quantitative estimate of drug-likeness (QED) is 0.255. The number of benzene rings is 1. The van der Waals surface area contributed by atoms with Gasteiger partial charge in [-0.2, -0.15) is 0 Å². The minimum absolute atomic E-state index is 0.0246. The van der Waals surface area contributed by atoms with Gasteiger partial charge in [0, 0.05) is 57.7 Å². The number of likely N-dealkylation sites (tertiary alicyclic amines) is 2. The van der Waals surface area contributed by atoms with Gasteiger partial charge in [0.1, 0.15) is 0 Å².